The predicted octanol–water partition coefficient (Wildman–Crippen LogP) is 7.15. The molecule has 12 nitrogen and oxygen atoms in total. The molecule has 2 aliphatic heterocycles. The number of benzene rings is 2. The Balaban J connectivity index is 1.07. The molecule has 2 saturated heterocycles. The second-order valence-corrected chi connectivity index (χ2v) is 13.7. The molecule has 0 amide bonds. The fourth-order valence-corrected chi connectivity index (χ4v) is 5.76. The normalized spacial score (nSPS) is 18.7. The van der Waals surface area contributed by atoms with Crippen LogP contribution in [0.25, 0.3) is 12.2 Å². The minimum absolute atomic E-state index is 0.134. The second-order valence-electron chi connectivity index (χ2n) is 13.7. The highest BCUT2D eigenvalue weighted by molar-refractivity contribution is 5.88. The average molecular weight is 775 g/mol. The molecule has 2 fully saturated rings. The first-order valence-corrected chi connectivity index (χ1v) is 19.2. The van der Waals surface area contributed by atoms with Crippen LogP contribution in [0, 0.1) is 0 Å². The molecular weight excluding hydrogens is 720 g/mol. The second kappa shape index (κ2) is 23.7. The third-order valence-corrected chi connectivity index (χ3v) is 8.86. The van der Waals surface area contributed by atoms with Gasteiger partial charge in [0.25, 0.3) is 0 Å². The van der Waals surface area contributed by atoms with Crippen molar-refractivity contribution in [1.29, 1.82) is 0 Å². The third kappa shape index (κ3) is 15.5. The summed E-state index contributed by atoms with van der Waals surface area (Å²) >= 11 is 0. The van der Waals surface area contributed by atoms with Crippen LogP contribution in [0.1, 0.15) is 76.3 Å². The Morgan fingerprint density at radius 2 is 0.929 bits per heavy atom. The summed E-state index contributed by atoms with van der Waals surface area (Å²) < 4.78 is 44.7. The van der Waals surface area contributed by atoms with E-state index in [9.17, 15) is 19.2 Å². The van der Waals surface area contributed by atoms with E-state index < -0.39 is 36.4 Å². The van der Waals surface area contributed by atoms with E-state index in [1.165, 1.54) is 12.2 Å². The number of hydrogen-bond donors (Lipinski definition) is 0. The zero-order chi connectivity index (χ0) is 40.1. The van der Waals surface area contributed by atoms with Crippen molar-refractivity contribution in [3.05, 3.63) is 96.1 Å². The van der Waals surface area contributed by atoms with Crippen LogP contribution in [0.5, 0.6) is 11.5 Å². The smallest absolute Gasteiger partial charge is 0.333 e. The Morgan fingerprint density at radius 3 is 1.29 bits per heavy atom. The minimum Gasteiger partial charge on any atom is -0.494 e. The summed E-state index contributed by atoms with van der Waals surface area (Å²) in [5.74, 6) is -0.309. The quantitative estimate of drug-likeness (QED) is 0.0463. The van der Waals surface area contributed by atoms with Gasteiger partial charge in [-0.3, -0.25) is 0 Å². The number of rotatable bonds is 24. The molecule has 0 spiro atoms. The topological polar surface area (TPSA) is 142 Å². The van der Waals surface area contributed by atoms with Gasteiger partial charge in [0.05, 0.1) is 39.6 Å². The van der Waals surface area contributed by atoms with Crippen molar-refractivity contribution in [2.75, 3.05) is 39.6 Å². The molecule has 4 atom stereocenters. The first kappa shape index (κ1) is 43.5. The fourth-order valence-electron chi connectivity index (χ4n) is 5.76. The van der Waals surface area contributed by atoms with E-state index in [1.807, 2.05) is 48.5 Å². The number of fused-ring (bicyclic) bond motifs is 1. The number of carbonyl (C=O) groups excluding carboxylic acids is 4. The van der Waals surface area contributed by atoms with Crippen molar-refractivity contribution < 1.29 is 57.1 Å². The number of esters is 4. The van der Waals surface area contributed by atoms with Crippen LogP contribution in [0.4, 0.5) is 0 Å². The Morgan fingerprint density at radius 1 is 0.571 bits per heavy atom. The lowest BCUT2D eigenvalue weighted by molar-refractivity contribution is -0.149. The van der Waals surface area contributed by atoms with Gasteiger partial charge in [0.1, 0.15) is 23.7 Å². The van der Waals surface area contributed by atoms with Crippen molar-refractivity contribution in [1.82, 2.24) is 0 Å². The fraction of sp³-hybridized carbons (Fsp3) is 0.455. The monoisotopic (exact) mass is 774 g/mol. The SMILES string of the molecule is C=C(C)C(=O)OCCCCCCOc1ccc(/C=C/C(=O)O[C@@H]2CO[C@H]3[C@@H]2OC[C@H]3OC(=O)/C=C/c2ccc(OCCCCCCOC(=O)C(=C)C)cc2)cc1. The van der Waals surface area contributed by atoms with Crippen LogP contribution in [0.15, 0.2) is 85.0 Å². The molecule has 0 aliphatic carbocycles. The zero-order valence-electron chi connectivity index (χ0n) is 32.5. The lowest BCUT2D eigenvalue weighted by atomic mass is 10.1. The summed E-state index contributed by atoms with van der Waals surface area (Å²) in [6, 6.07) is 14.8. The van der Waals surface area contributed by atoms with E-state index in [4.69, 9.17) is 37.9 Å². The van der Waals surface area contributed by atoms with Crippen molar-refractivity contribution in [3.8, 4) is 11.5 Å². The molecule has 0 saturated carbocycles. The molecule has 4 rings (SSSR count). The van der Waals surface area contributed by atoms with Gasteiger partial charge in [-0.15, -0.1) is 0 Å². The van der Waals surface area contributed by atoms with E-state index >= 15 is 0 Å². The average Bonchev–Trinajstić information content (AvgIpc) is 3.78. The Hall–Kier alpha value is -5.20. The van der Waals surface area contributed by atoms with E-state index in [0.717, 1.165) is 74.0 Å². The molecule has 0 aromatic heterocycles. The molecular formula is C44H54O12. The van der Waals surface area contributed by atoms with Crippen LogP contribution in [0.3, 0.4) is 0 Å². The minimum atomic E-state index is -0.627. The molecule has 0 radical (unpaired) electrons. The van der Waals surface area contributed by atoms with E-state index in [-0.39, 0.29) is 25.2 Å². The Kier molecular flexibility index (Phi) is 18.4. The van der Waals surface area contributed by atoms with Crippen LogP contribution in [-0.4, -0.2) is 87.9 Å². The molecule has 12 heteroatoms. The number of hydrogen-bond acceptors (Lipinski definition) is 12. The molecule has 0 N–H and O–H groups in total. The summed E-state index contributed by atoms with van der Waals surface area (Å²) in [7, 11) is 0. The van der Waals surface area contributed by atoms with E-state index in [2.05, 4.69) is 13.2 Å². The van der Waals surface area contributed by atoms with Crippen molar-refractivity contribution >= 4 is 36.0 Å². The highest BCUT2D eigenvalue weighted by Gasteiger charge is 2.51. The van der Waals surface area contributed by atoms with Gasteiger partial charge in [-0.25, -0.2) is 19.2 Å². The van der Waals surface area contributed by atoms with Crippen LogP contribution < -0.4 is 9.47 Å². The number of carbonyl (C=O) groups is 4. The van der Waals surface area contributed by atoms with Gasteiger partial charge >= 0.3 is 23.9 Å². The van der Waals surface area contributed by atoms with Gasteiger partial charge in [0, 0.05) is 23.3 Å². The summed E-state index contributed by atoms with van der Waals surface area (Å²) in [6.45, 7) is 12.6. The van der Waals surface area contributed by atoms with Crippen LogP contribution in [-0.2, 0) is 47.6 Å². The Labute approximate surface area is 329 Å². The van der Waals surface area contributed by atoms with Crippen molar-refractivity contribution in [2.45, 2.75) is 89.6 Å². The van der Waals surface area contributed by atoms with Crippen LogP contribution in [0.2, 0.25) is 0 Å². The molecule has 56 heavy (non-hydrogen) atoms. The first-order chi connectivity index (χ1) is 27.1. The molecule has 2 heterocycles. The van der Waals surface area contributed by atoms with Crippen molar-refractivity contribution in [2.24, 2.45) is 0 Å². The molecule has 2 aromatic carbocycles. The van der Waals surface area contributed by atoms with Crippen molar-refractivity contribution in [3.63, 3.8) is 0 Å². The summed E-state index contributed by atoms with van der Waals surface area (Å²) in [5.41, 5.74) is 2.42. The van der Waals surface area contributed by atoms with Gasteiger partial charge in [0.15, 0.2) is 12.2 Å². The lowest BCUT2D eigenvalue weighted by Crippen LogP contribution is -2.35. The Bertz CT molecular complexity index is 1540. The van der Waals surface area contributed by atoms with E-state index in [1.54, 1.807) is 26.0 Å². The van der Waals surface area contributed by atoms with E-state index in [0.29, 0.717) is 37.6 Å². The standard InChI is InChI=1S/C44H54O12/c1-31(2)43(47)51-27-11-7-5-9-25-49-35-19-13-33(14-20-35)17-23-39(45)55-37-29-53-42-38(30-54-41(37)42)56-40(46)24-18-34-15-21-36(22-16-34)50-26-10-6-8-12-28-52-44(48)32(3)4/h13-24,37-38,41-42H,1,3,5-12,25-30H2,2,4H3/b23-17+,24-18+/t37-,38-,41-,42-/m1/s1. The molecule has 0 bridgehead atoms. The number of unbranched alkanes of at least 4 members (excludes halogenated alkanes) is 6. The highest BCUT2D eigenvalue weighted by atomic mass is 16.7. The molecule has 2 aliphatic rings. The van der Waals surface area contributed by atoms with Gasteiger partial charge in [0.2, 0.25) is 0 Å². The van der Waals surface area contributed by atoms with Gasteiger partial charge < -0.3 is 37.9 Å². The number of ether oxygens (including phenoxy) is 8. The maximum absolute atomic E-state index is 12.6. The summed E-state index contributed by atoms with van der Waals surface area (Å²) in [5, 5.41) is 0. The molecule has 2 aromatic rings. The highest BCUT2D eigenvalue weighted by Crippen LogP contribution is 2.31. The lowest BCUT2D eigenvalue weighted by Gasteiger charge is -2.16. The van der Waals surface area contributed by atoms with Gasteiger partial charge in [-0.1, -0.05) is 37.4 Å². The van der Waals surface area contributed by atoms with Crippen LogP contribution >= 0.6 is 0 Å². The molecule has 0 unspecified atom stereocenters. The summed E-state index contributed by atoms with van der Waals surface area (Å²) in [6.07, 6.45) is 10.9. The predicted molar refractivity (Wildman–Crippen MR) is 210 cm³/mol. The molecule has 302 valence electrons. The van der Waals surface area contributed by atoms with Gasteiger partial charge in [-0.05, 0) is 113 Å². The van der Waals surface area contributed by atoms with Gasteiger partial charge in [-0.2, -0.15) is 0 Å². The zero-order valence-corrected chi connectivity index (χ0v) is 32.5. The first-order valence-electron chi connectivity index (χ1n) is 19.2. The maximum Gasteiger partial charge on any atom is 0.333 e. The maximum atomic E-state index is 12.6. The summed E-state index contributed by atoms with van der Waals surface area (Å²) in [4.78, 5) is 48.0. The third-order valence-electron chi connectivity index (χ3n) is 8.86. The largest absolute Gasteiger partial charge is 0.494 e.